The summed E-state index contributed by atoms with van der Waals surface area (Å²) in [5.74, 6) is 1.27. The van der Waals surface area contributed by atoms with Crippen LogP contribution >= 0.6 is 27.3 Å². The van der Waals surface area contributed by atoms with Gasteiger partial charge in [0.05, 0.1) is 7.11 Å². The molecule has 0 unspecified atom stereocenters. The number of methoxy groups -OCH3 is 1. The summed E-state index contributed by atoms with van der Waals surface area (Å²) in [4.78, 5) is 13.3. The van der Waals surface area contributed by atoms with Crippen LogP contribution in [0.1, 0.15) is 28.6 Å². The topological polar surface area (TPSA) is 35.5 Å². The number of rotatable bonds is 6. The molecule has 0 N–H and O–H groups in total. The highest BCUT2D eigenvalue weighted by Crippen LogP contribution is 2.36. The second-order valence-electron chi connectivity index (χ2n) is 5.80. The van der Waals surface area contributed by atoms with Gasteiger partial charge < -0.3 is 9.47 Å². The van der Waals surface area contributed by atoms with E-state index in [0.717, 1.165) is 39.3 Å². The van der Waals surface area contributed by atoms with Gasteiger partial charge in [-0.3, -0.25) is 0 Å². The maximum absolute atomic E-state index is 11.7. The van der Waals surface area contributed by atoms with E-state index >= 15 is 0 Å². The predicted molar refractivity (Wildman–Crippen MR) is 109 cm³/mol. The molecule has 2 aromatic carbocycles. The van der Waals surface area contributed by atoms with Crippen LogP contribution in [0.25, 0.3) is 10.4 Å². The molecule has 0 bridgehead atoms. The number of hydrogen-bond acceptors (Lipinski definition) is 4. The van der Waals surface area contributed by atoms with E-state index in [1.165, 1.54) is 24.0 Å². The van der Waals surface area contributed by atoms with Crippen LogP contribution in [0.2, 0.25) is 0 Å². The number of benzene rings is 2. The highest BCUT2D eigenvalue weighted by molar-refractivity contribution is 9.10. The molecule has 0 aliphatic heterocycles. The van der Waals surface area contributed by atoms with E-state index in [4.69, 9.17) is 9.47 Å². The lowest BCUT2D eigenvalue weighted by molar-refractivity contribution is 0.0605. The first kappa shape index (κ1) is 18.7. The van der Waals surface area contributed by atoms with E-state index in [0.29, 0.717) is 4.88 Å². The number of ether oxygens (including phenoxy) is 2. The van der Waals surface area contributed by atoms with Crippen molar-refractivity contribution in [3.63, 3.8) is 0 Å². The molecule has 0 saturated carbocycles. The molecule has 3 aromatic rings. The number of aryl methyl sites for hydroxylation is 1. The van der Waals surface area contributed by atoms with Crippen molar-refractivity contribution in [3.8, 4) is 21.9 Å². The molecule has 134 valence electrons. The van der Waals surface area contributed by atoms with Crippen molar-refractivity contribution in [3.05, 3.63) is 69.5 Å². The summed E-state index contributed by atoms with van der Waals surface area (Å²) in [6.07, 6.45) is 2.22. The lowest BCUT2D eigenvalue weighted by Crippen LogP contribution is -1.97. The van der Waals surface area contributed by atoms with Gasteiger partial charge in [0.25, 0.3) is 0 Å². The Morgan fingerprint density at radius 2 is 1.65 bits per heavy atom. The molecular formula is C21H19BrO3S. The van der Waals surface area contributed by atoms with Gasteiger partial charge in [-0.05, 0) is 75.9 Å². The van der Waals surface area contributed by atoms with Crippen molar-refractivity contribution in [1.82, 2.24) is 0 Å². The molecule has 26 heavy (non-hydrogen) atoms. The van der Waals surface area contributed by atoms with Gasteiger partial charge in [0, 0.05) is 9.35 Å². The Kier molecular flexibility index (Phi) is 6.12. The van der Waals surface area contributed by atoms with Crippen molar-refractivity contribution in [2.75, 3.05) is 7.11 Å². The number of carbonyl (C=O) groups is 1. The molecular weight excluding hydrogens is 412 g/mol. The third-order valence-corrected chi connectivity index (χ3v) is 5.95. The summed E-state index contributed by atoms with van der Waals surface area (Å²) in [6.45, 7) is 2.17. The van der Waals surface area contributed by atoms with E-state index < -0.39 is 0 Å². The van der Waals surface area contributed by atoms with Gasteiger partial charge in [-0.1, -0.05) is 25.5 Å². The van der Waals surface area contributed by atoms with Crippen LogP contribution in [-0.4, -0.2) is 13.1 Å². The van der Waals surface area contributed by atoms with E-state index in [1.807, 2.05) is 42.5 Å². The van der Waals surface area contributed by atoms with Crippen molar-refractivity contribution >= 4 is 33.2 Å². The highest BCUT2D eigenvalue weighted by atomic mass is 79.9. The second-order valence-corrected chi connectivity index (χ2v) is 7.71. The summed E-state index contributed by atoms with van der Waals surface area (Å²) in [5, 5.41) is 0. The summed E-state index contributed by atoms with van der Waals surface area (Å²) in [6, 6.07) is 18.0. The molecule has 1 aromatic heterocycles. The van der Waals surface area contributed by atoms with Gasteiger partial charge in [0.2, 0.25) is 0 Å². The van der Waals surface area contributed by atoms with Crippen molar-refractivity contribution in [2.24, 2.45) is 0 Å². The molecule has 0 spiro atoms. The van der Waals surface area contributed by atoms with Crippen LogP contribution in [0.15, 0.2) is 59.1 Å². The minimum absolute atomic E-state index is 0.334. The third-order valence-electron chi connectivity index (χ3n) is 3.89. The molecule has 0 aliphatic carbocycles. The molecule has 5 heteroatoms. The van der Waals surface area contributed by atoms with Gasteiger partial charge in [-0.25, -0.2) is 4.79 Å². The van der Waals surface area contributed by atoms with E-state index in [1.54, 1.807) is 0 Å². The molecule has 0 saturated heterocycles. The number of thiophene rings is 1. The smallest absolute Gasteiger partial charge is 0.349 e. The second kappa shape index (κ2) is 8.52. The normalized spacial score (nSPS) is 10.6. The molecule has 3 rings (SSSR count). The van der Waals surface area contributed by atoms with Gasteiger partial charge in [-0.15, -0.1) is 11.3 Å². The summed E-state index contributed by atoms with van der Waals surface area (Å²) in [5.41, 5.74) is 2.34. The number of carbonyl (C=O) groups excluding carboxylic acids is 1. The molecule has 0 aliphatic rings. The highest BCUT2D eigenvalue weighted by Gasteiger charge is 2.16. The average Bonchev–Trinajstić information content (AvgIpc) is 3.05. The third kappa shape index (κ3) is 4.34. The Labute approximate surface area is 165 Å². The quantitative estimate of drug-likeness (QED) is 0.407. The van der Waals surface area contributed by atoms with E-state index in [-0.39, 0.29) is 5.97 Å². The van der Waals surface area contributed by atoms with Crippen LogP contribution < -0.4 is 4.74 Å². The Hall–Kier alpha value is -2.11. The van der Waals surface area contributed by atoms with E-state index in [2.05, 4.69) is 35.0 Å². The van der Waals surface area contributed by atoms with Crippen LogP contribution in [0.3, 0.4) is 0 Å². The number of halogens is 1. The summed E-state index contributed by atoms with van der Waals surface area (Å²) >= 11 is 4.82. The molecule has 3 nitrogen and oxygen atoms in total. The SMILES string of the molecule is CCCc1ccc(Oc2ccc(-c3cc(Br)c(C(=O)OC)s3)cc2)cc1. The number of hydrogen-bond donors (Lipinski definition) is 0. The van der Waals surface area contributed by atoms with Crippen LogP contribution in [0.5, 0.6) is 11.5 Å². The van der Waals surface area contributed by atoms with Gasteiger partial charge >= 0.3 is 5.97 Å². The lowest BCUT2D eigenvalue weighted by atomic mass is 10.1. The molecule has 0 atom stereocenters. The predicted octanol–water partition coefficient (Wildman–Crippen LogP) is 6.71. The standard InChI is InChI=1S/C21H19BrO3S/c1-3-4-14-5-9-16(10-6-14)25-17-11-7-15(8-12-17)19-13-18(22)20(26-19)21(23)24-2/h5-13H,3-4H2,1-2H3. The molecule has 0 fully saturated rings. The zero-order valence-corrected chi connectivity index (χ0v) is 17.0. The first-order valence-corrected chi connectivity index (χ1v) is 9.96. The minimum Gasteiger partial charge on any atom is -0.465 e. The van der Waals surface area contributed by atoms with Crippen molar-refractivity contribution in [1.29, 1.82) is 0 Å². The van der Waals surface area contributed by atoms with Crippen molar-refractivity contribution < 1.29 is 14.3 Å². The fourth-order valence-electron chi connectivity index (χ4n) is 2.58. The molecule has 1 heterocycles. The minimum atomic E-state index is -0.334. The zero-order chi connectivity index (χ0) is 18.5. The van der Waals surface area contributed by atoms with Gasteiger partial charge in [0.15, 0.2) is 0 Å². The average molecular weight is 431 g/mol. The Balaban J connectivity index is 1.73. The van der Waals surface area contributed by atoms with Crippen LogP contribution in [0, 0.1) is 0 Å². The monoisotopic (exact) mass is 430 g/mol. The molecule has 0 amide bonds. The fourth-order valence-corrected chi connectivity index (χ4v) is 4.34. The number of esters is 1. The van der Waals surface area contributed by atoms with Crippen molar-refractivity contribution in [2.45, 2.75) is 19.8 Å². The first-order chi connectivity index (χ1) is 12.6. The molecule has 0 radical (unpaired) electrons. The van der Waals surface area contributed by atoms with Crippen LogP contribution in [0.4, 0.5) is 0 Å². The van der Waals surface area contributed by atoms with Gasteiger partial charge in [-0.2, -0.15) is 0 Å². The Bertz CT molecular complexity index is 883. The summed E-state index contributed by atoms with van der Waals surface area (Å²) < 4.78 is 11.5. The zero-order valence-electron chi connectivity index (χ0n) is 14.6. The Morgan fingerprint density at radius 1 is 1.04 bits per heavy atom. The maximum atomic E-state index is 11.7. The lowest BCUT2D eigenvalue weighted by Gasteiger charge is -2.07. The Morgan fingerprint density at radius 3 is 2.23 bits per heavy atom. The van der Waals surface area contributed by atoms with Gasteiger partial charge in [0.1, 0.15) is 16.4 Å². The first-order valence-electron chi connectivity index (χ1n) is 8.35. The summed E-state index contributed by atoms with van der Waals surface area (Å²) in [7, 11) is 1.38. The van der Waals surface area contributed by atoms with Crippen LogP contribution in [-0.2, 0) is 11.2 Å². The largest absolute Gasteiger partial charge is 0.465 e. The maximum Gasteiger partial charge on any atom is 0.349 e. The fraction of sp³-hybridized carbons (Fsp3) is 0.190. The van der Waals surface area contributed by atoms with E-state index in [9.17, 15) is 4.79 Å².